The van der Waals surface area contributed by atoms with Crippen LogP contribution in [0.4, 0.5) is 0 Å². The minimum Gasteiger partial charge on any atom is -0.493 e. The lowest BCUT2D eigenvalue weighted by Gasteiger charge is -2.20. The second-order valence-corrected chi connectivity index (χ2v) is 6.43. The molecule has 4 nitrogen and oxygen atoms in total. The van der Waals surface area contributed by atoms with Gasteiger partial charge in [-0.2, -0.15) is 0 Å². The van der Waals surface area contributed by atoms with Crippen LogP contribution in [0.1, 0.15) is 29.7 Å². The van der Waals surface area contributed by atoms with Gasteiger partial charge in [-0.15, -0.1) is 6.58 Å². The fraction of sp³-hybridized carbons (Fsp3) is 0.364. The predicted molar refractivity (Wildman–Crippen MR) is 106 cm³/mol. The Kier molecular flexibility index (Phi) is 7.70. The summed E-state index contributed by atoms with van der Waals surface area (Å²) in [5.41, 5.74) is 3.58. The molecule has 0 saturated carbocycles. The Bertz CT molecular complexity index is 714. The van der Waals surface area contributed by atoms with E-state index in [4.69, 9.17) is 9.47 Å². The van der Waals surface area contributed by atoms with Crippen LogP contribution in [0.3, 0.4) is 0 Å². The van der Waals surface area contributed by atoms with Crippen LogP contribution in [0.5, 0.6) is 11.5 Å². The van der Waals surface area contributed by atoms with E-state index in [1.165, 1.54) is 11.1 Å². The van der Waals surface area contributed by atoms with Crippen molar-refractivity contribution in [3.63, 3.8) is 0 Å². The minimum absolute atomic E-state index is 0.165. The second kappa shape index (κ2) is 10.00. The van der Waals surface area contributed by atoms with E-state index < -0.39 is 6.10 Å². The Morgan fingerprint density at radius 1 is 1.19 bits per heavy atom. The zero-order valence-electron chi connectivity index (χ0n) is 15.9. The minimum atomic E-state index is -0.612. The lowest BCUT2D eigenvalue weighted by molar-refractivity contribution is 0.102. The third-order valence-electron chi connectivity index (χ3n) is 4.35. The fourth-order valence-electron chi connectivity index (χ4n) is 2.87. The van der Waals surface area contributed by atoms with Crippen LogP contribution >= 0.6 is 0 Å². The van der Waals surface area contributed by atoms with E-state index in [-0.39, 0.29) is 12.6 Å². The summed E-state index contributed by atoms with van der Waals surface area (Å²) in [6, 6.07) is 14.2. The third kappa shape index (κ3) is 5.61. The zero-order valence-corrected chi connectivity index (χ0v) is 15.9. The molecule has 0 aliphatic carbocycles. The molecule has 26 heavy (non-hydrogen) atoms. The van der Waals surface area contributed by atoms with Crippen LogP contribution in [0.25, 0.3) is 0 Å². The maximum Gasteiger partial charge on any atom is 0.161 e. The second-order valence-electron chi connectivity index (χ2n) is 6.43. The molecule has 0 heterocycles. The van der Waals surface area contributed by atoms with Crippen molar-refractivity contribution in [2.45, 2.75) is 32.4 Å². The first-order chi connectivity index (χ1) is 12.5. The molecule has 2 atom stereocenters. The van der Waals surface area contributed by atoms with Gasteiger partial charge in [-0.3, -0.25) is 0 Å². The Hall–Kier alpha value is -2.30. The van der Waals surface area contributed by atoms with Gasteiger partial charge >= 0.3 is 0 Å². The molecule has 0 spiro atoms. The molecule has 0 bridgehead atoms. The average molecular weight is 355 g/mol. The summed E-state index contributed by atoms with van der Waals surface area (Å²) in [5, 5.41) is 13.6. The third-order valence-corrected chi connectivity index (χ3v) is 4.35. The Labute approximate surface area is 156 Å². The largest absolute Gasteiger partial charge is 0.493 e. The molecule has 2 N–H and O–H groups in total. The molecule has 2 aromatic carbocycles. The summed E-state index contributed by atoms with van der Waals surface area (Å²) >= 11 is 0. The van der Waals surface area contributed by atoms with Crippen molar-refractivity contribution in [2.24, 2.45) is 0 Å². The van der Waals surface area contributed by atoms with Crippen LogP contribution in [0.15, 0.2) is 55.1 Å². The maximum atomic E-state index is 10.2. The highest BCUT2D eigenvalue weighted by molar-refractivity contribution is 5.43. The van der Waals surface area contributed by atoms with Gasteiger partial charge < -0.3 is 19.9 Å². The number of aliphatic hydroxyl groups excluding tert-OH is 1. The first-order valence-electron chi connectivity index (χ1n) is 8.92. The van der Waals surface area contributed by atoms with Gasteiger partial charge in [-0.1, -0.05) is 36.4 Å². The average Bonchev–Trinajstić information content (AvgIpc) is 2.65. The predicted octanol–water partition coefficient (Wildman–Crippen LogP) is 3.82. The summed E-state index contributed by atoms with van der Waals surface area (Å²) in [4.78, 5) is 0. The van der Waals surface area contributed by atoms with Crippen LogP contribution in [0, 0.1) is 6.92 Å². The van der Waals surface area contributed by atoms with Crippen LogP contribution in [-0.4, -0.2) is 31.5 Å². The number of nitrogens with one attached hydrogen (secondary N) is 1. The van der Waals surface area contributed by atoms with Gasteiger partial charge in [0.15, 0.2) is 11.5 Å². The molecule has 2 rings (SSSR count). The van der Waals surface area contributed by atoms with E-state index >= 15 is 0 Å². The van der Waals surface area contributed by atoms with Gasteiger partial charge in [0.1, 0.15) is 12.7 Å². The number of methoxy groups -OCH3 is 1. The van der Waals surface area contributed by atoms with Gasteiger partial charge in [0.25, 0.3) is 0 Å². The van der Waals surface area contributed by atoms with Crippen molar-refractivity contribution in [3.05, 3.63) is 71.8 Å². The molecule has 2 aromatic rings. The summed E-state index contributed by atoms with van der Waals surface area (Å²) in [6.07, 6.45) is 2.01. The molecule has 4 heteroatoms. The SMILES string of the molecule is C=CCc1ccc(OCC(O)CNC(C)c2ccccc2C)c(OC)c1. The first kappa shape index (κ1) is 20.0. The number of aryl methyl sites for hydroxylation is 1. The normalized spacial score (nSPS) is 13.1. The van der Waals surface area contributed by atoms with Crippen molar-refractivity contribution in [3.8, 4) is 11.5 Å². The topological polar surface area (TPSA) is 50.7 Å². The van der Waals surface area contributed by atoms with Crippen LogP contribution in [-0.2, 0) is 6.42 Å². The molecular weight excluding hydrogens is 326 g/mol. The van der Waals surface area contributed by atoms with Gasteiger partial charge in [-0.05, 0) is 49.1 Å². The fourth-order valence-corrected chi connectivity index (χ4v) is 2.87. The molecule has 0 amide bonds. The standard InChI is InChI=1S/C22H29NO3/c1-5-8-18-11-12-21(22(13-18)25-4)26-15-19(24)14-23-17(3)20-10-7-6-9-16(20)2/h5-7,9-13,17,19,23-24H,1,8,14-15H2,2-4H3. The number of hydrogen-bond donors (Lipinski definition) is 2. The highest BCUT2D eigenvalue weighted by Gasteiger charge is 2.12. The number of hydrogen-bond acceptors (Lipinski definition) is 4. The van der Waals surface area contributed by atoms with E-state index in [1.807, 2.05) is 36.4 Å². The highest BCUT2D eigenvalue weighted by Crippen LogP contribution is 2.28. The van der Waals surface area contributed by atoms with E-state index in [2.05, 4.69) is 37.9 Å². The summed E-state index contributed by atoms with van der Waals surface area (Å²) in [7, 11) is 1.61. The number of rotatable bonds is 10. The van der Waals surface area contributed by atoms with Crippen molar-refractivity contribution >= 4 is 0 Å². The first-order valence-corrected chi connectivity index (χ1v) is 8.92. The van der Waals surface area contributed by atoms with Crippen molar-refractivity contribution < 1.29 is 14.6 Å². The lowest BCUT2D eigenvalue weighted by atomic mass is 10.0. The summed E-state index contributed by atoms with van der Waals surface area (Å²) < 4.78 is 11.1. The number of allylic oxidation sites excluding steroid dienone is 1. The summed E-state index contributed by atoms with van der Waals surface area (Å²) in [5.74, 6) is 1.30. The Balaban J connectivity index is 1.86. The van der Waals surface area contributed by atoms with Gasteiger partial charge in [0.2, 0.25) is 0 Å². The molecule has 0 aliphatic heterocycles. The molecule has 0 saturated heterocycles. The Morgan fingerprint density at radius 2 is 1.96 bits per heavy atom. The Morgan fingerprint density at radius 3 is 2.65 bits per heavy atom. The lowest BCUT2D eigenvalue weighted by Crippen LogP contribution is -2.33. The number of ether oxygens (including phenoxy) is 2. The molecule has 140 valence electrons. The molecular formula is C22H29NO3. The molecule has 2 unspecified atom stereocenters. The zero-order chi connectivity index (χ0) is 18.9. The smallest absolute Gasteiger partial charge is 0.161 e. The monoisotopic (exact) mass is 355 g/mol. The number of aliphatic hydroxyl groups is 1. The molecule has 0 radical (unpaired) electrons. The molecule has 0 fully saturated rings. The van der Waals surface area contributed by atoms with E-state index in [0.717, 1.165) is 12.0 Å². The van der Waals surface area contributed by atoms with Crippen LogP contribution < -0.4 is 14.8 Å². The maximum absolute atomic E-state index is 10.2. The van der Waals surface area contributed by atoms with E-state index in [1.54, 1.807) is 7.11 Å². The van der Waals surface area contributed by atoms with E-state index in [9.17, 15) is 5.11 Å². The molecule has 0 aliphatic rings. The van der Waals surface area contributed by atoms with Crippen molar-refractivity contribution in [1.29, 1.82) is 0 Å². The van der Waals surface area contributed by atoms with Crippen molar-refractivity contribution in [2.75, 3.05) is 20.3 Å². The highest BCUT2D eigenvalue weighted by atomic mass is 16.5. The summed E-state index contributed by atoms with van der Waals surface area (Å²) in [6.45, 7) is 8.58. The van der Waals surface area contributed by atoms with Crippen LogP contribution in [0.2, 0.25) is 0 Å². The van der Waals surface area contributed by atoms with Gasteiger partial charge in [0.05, 0.1) is 7.11 Å². The molecule has 0 aromatic heterocycles. The van der Waals surface area contributed by atoms with Crippen molar-refractivity contribution in [1.82, 2.24) is 5.32 Å². The number of benzene rings is 2. The quantitative estimate of drug-likeness (QED) is 0.636. The van der Waals surface area contributed by atoms with E-state index in [0.29, 0.717) is 18.0 Å². The van der Waals surface area contributed by atoms with Gasteiger partial charge in [0, 0.05) is 12.6 Å². The van der Waals surface area contributed by atoms with Gasteiger partial charge in [-0.25, -0.2) is 0 Å².